The lowest BCUT2D eigenvalue weighted by molar-refractivity contribution is -0.133. The summed E-state index contributed by atoms with van der Waals surface area (Å²) in [4.78, 5) is 21.3. The average molecular weight is 219 g/mol. The van der Waals surface area contributed by atoms with Crippen LogP contribution in [0.4, 0.5) is 0 Å². The number of carbonyl (C=O) groups excluding carboxylic acids is 1. The van der Waals surface area contributed by atoms with Crippen molar-refractivity contribution in [2.45, 2.75) is 20.3 Å². The molecule has 0 heterocycles. The van der Waals surface area contributed by atoms with Gasteiger partial charge in [-0.05, 0) is 5.92 Å². The van der Waals surface area contributed by atoms with E-state index in [-0.39, 0.29) is 17.4 Å². The Balaban J connectivity index is 3.41. The van der Waals surface area contributed by atoms with Gasteiger partial charge in [-0.15, -0.1) is 11.8 Å². The van der Waals surface area contributed by atoms with E-state index in [1.54, 1.807) is 0 Å². The van der Waals surface area contributed by atoms with Gasteiger partial charge in [0.1, 0.15) is 0 Å². The van der Waals surface area contributed by atoms with Crippen LogP contribution in [0.25, 0.3) is 0 Å². The van der Waals surface area contributed by atoms with Crippen LogP contribution in [0.5, 0.6) is 0 Å². The van der Waals surface area contributed by atoms with Gasteiger partial charge in [-0.25, -0.2) is 0 Å². The summed E-state index contributed by atoms with van der Waals surface area (Å²) in [6, 6.07) is 0. The number of hydrogen-bond donors (Lipinski definition) is 2. The smallest absolute Gasteiger partial charge is 0.313 e. The second-order valence-corrected chi connectivity index (χ2v) is 4.19. The standard InChI is InChI=1S/C9H17NO3S/c1-3-7(2)4-10-8(11)5-14-6-9(12)13/h7H,3-6H2,1-2H3,(H,10,11)(H,12,13). The molecule has 0 rings (SSSR count). The molecule has 2 N–H and O–H groups in total. The van der Waals surface area contributed by atoms with Gasteiger partial charge >= 0.3 is 5.97 Å². The molecular weight excluding hydrogens is 202 g/mol. The SMILES string of the molecule is CCC(C)CNC(=O)CSCC(=O)O. The zero-order valence-corrected chi connectivity index (χ0v) is 9.39. The van der Waals surface area contributed by atoms with Crippen LogP contribution in [0.15, 0.2) is 0 Å². The van der Waals surface area contributed by atoms with Gasteiger partial charge < -0.3 is 10.4 Å². The molecule has 1 atom stereocenters. The molecule has 0 aromatic carbocycles. The third-order valence-corrected chi connectivity index (χ3v) is 2.72. The number of aliphatic carboxylic acids is 1. The lowest BCUT2D eigenvalue weighted by atomic mass is 10.1. The Hall–Kier alpha value is -0.710. The first-order valence-corrected chi connectivity index (χ1v) is 5.78. The van der Waals surface area contributed by atoms with Gasteiger partial charge in [0.15, 0.2) is 0 Å². The van der Waals surface area contributed by atoms with Crippen molar-refractivity contribution in [1.82, 2.24) is 5.32 Å². The summed E-state index contributed by atoms with van der Waals surface area (Å²) in [7, 11) is 0. The number of rotatable bonds is 7. The maximum Gasteiger partial charge on any atom is 0.313 e. The van der Waals surface area contributed by atoms with E-state index in [2.05, 4.69) is 19.2 Å². The van der Waals surface area contributed by atoms with Gasteiger partial charge in [0.05, 0.1) is 11.5 Å². The minimum atomic E-state index is -0.885. The van der Waals surface area contributed by atoms with Crippen LogP contribution in [0, 0.1) is 5.92 Å². The quantitative estimate of drug-likeness (QED) is 0.669. The maximum atomic E-state index is 11.1. The maximum absolute atomic E-state index is 11.1. The summed E-state index contributed by atoms with van der Waals surface area (Å²) < 4.78 is 0. The fourth-order valence-electron chi connectivity index (χ4n) is 0.714. The molecule has 0 aliphatic rings. The second kappa shape index (κ2) is 7.67. The largest absolute Gasteiger partial charge is 0.481 e. The minimum Gasteiger partial charge on any atom is -0.481 e. The van der Waals surface area contributed by atoms with E-state index in [9.17, 15) is 9.59 Å². The van der Waals surface area contributed by atoms with Crippen molar-refractivity contribution >= 4 is 23.6 Å². The van der Waals surface area contributed by atoms with Crippen LogP contribution in [0.2, 0.25) is 0 Å². The fourth-order valence-corrected chi connectivity index (χ4v) is 1.28. The average Bonchev–Trinajstić information content (AvgIpc) is 2.13. The molecule has 82 valence electrons. The highest BCUT2D eigenvalue weighted by Gasteiger charge is 2.05. The van der Waals surface area contributed by atoms with Crippen molar-refractivity contribution in [2.75, 3.05) is 18.1 Å². The van der Waals surface area contributed by atoms with E-state index in [0.29, 0.717) is 12.5 Å². The molecule has 0 bridgehead atoms. The molecule has 0 aliphatic carbocycles. The highest BCUT2D eigenvalue weighted by Crippen LogP contribution is 2.00. The van der Waals surface area contributed by atoms with E-state index in [1.165, 1.54) is 0 Å². The predicted molar refractivity (Wildman–Crippen MR) is 57.4 cm³/mol. The van der Waals surface area contributed by atoms with E-state index >= 15 is 0 Å². The predicted octanol–water partition coefficient (Wildman–Crippen LogP) is 0.967. The van der Waals surface area contributed by atoms with Crippen LogP contribution in [-0.4, -0.2) is 35.0 Å². The summed E-state index contributed by atoms with van der Waals surface area (Å²) >= 11 is 1.12. The van der Waals surface area contributed by atoms with E-state index < -0.39 is 5.97 Å². The number of nitrogens with one attached hydrogen (secondary N) is 1. The van der Waals surface area contributed by atoms with Gasteiger partial charge in [0, 0.05) is 6.54 Å². The first-order chi connectivity index (χ1) is 6.56. The Labute approximate surface area is 88.4 Å². The molecule has 0 aromatic rings. The Bertz CT molecular complexity index is 196. The topological polar surface area (TPSA) is 66.4 Å². The first kappa shape index (κ1) is 13.3. The number of carboxylic acid groups (broad SMARTS) is 1. The summed E-state index contributed by atoms with van der Waals surface area (Å²) in [6.45, 7) is 4.80. The highest BCUT2D eigenvalue weighted by molar-refractivity contribution is 8.00. The zero-order valence-electron chi connectivity index (χ0n) is 8.58. The molecule has 4 nitrogen and oxygen atoms in total. The molecule has 1 unspecified atom stereocenters. The van der Waals surface area contributed by atoms with Crippen LogP contribution in [-0.2, 0) is 9.59 Å². The van der Waals surface area contributed by atoms with Crippen LogP contribution in [0.3, 0.4) is 0 Å². The molecule has 0 fully saturated rings. The molecule has 14 heavy (non-hydrogen) atoms. The monoisotopic (exact) mass is 219 g/mol. The van der Waals surface area contributed by atoms with Crippen molar-refractivity contribution in [2.24, 2.45) is 5.92 Å². The van der Waals surface area contributed by atoms with Crippen molar-refractivity contribution < 1.29 is 14.7 Å². The Morgan fingerprint density at radius 1 is 1.43 bits per heavy atom. The van der Waals surface area contributed by atoms with Crippen molar-refractivity contribution in [3.05, 3.63) is 0 Å². The third-order valence-electron chi connectivity index (χ3n) is 1.80. The number of hydrogen-bond acceptors (Lipinski definition) is 3. The normalized spacial score (nSPS) is 12.1. The van der Waals surface area contributed by atoms with Crippen LogP contribution in [0.1, 0.15) is 20.3 Å². The van der Waals surface area contributed by atoms with Gasteiger partial charge in [-0.1, -0.05) is 20.3 Å². The molecule has 0 radical (unpaired) electrons. The molecule has 5 heteroatoms. The number of carboxylic acids is 1. The summed E-state index contributed by atoms with van der Waals surface area (Å²) in [5.74, 6) is -0.288. The van der Waals surface area contributed by atoms with E-state index in [4.69, 9.17) is 5.11 Å². The van der Waals surface area contributed by atoms with Crippen LogP contribution < -0.4 is 5.32 Å². The number of carbonyl (C=O) groups is 2. The molecule has 0 aliphatic heterocycles. The second-order valence-electron chi connectivity index (χ2n) is 3.20. The molecule has 0 spiro atoms. The van der Waals surface area contributed by atoms with Gasteiger partial charge in [-0.3, -0.25) is 9.59 Å². The van der Waals surface area contributed by atoms with Gasteiger partial charge in [0.2, 0.25) is 5.91 Å². The molecule has 0 saturated heterocycles. The minimum absolute atomic E-state index is 0.0171. The lowest BCUT2D eigenvalue weighted by Gasteiger charge is -2.09. The Morgan fingerprint density at radius 3 is 2.57 bits per heavy atom. The molecular formula is C9H17NO3S. The Morgan fingerprint density at radius 2 is 2.07 bits per heavy atom. The number of amides is 1. The molecule has 0 aromatic heterocycles. The van der Waals surface area contributed by atoms with Gasteiger partial charge in [0.25, 0.3) is 0 Å². The van der Waals surface area contributed by atoms with Crippen molar-refractivity contribution in [3.63, 3.8) is 0 Å². The van der Waals surface area contributed by atoms with Crippen molar-refractivity contribution in [1.29, 1.82) is 0 Å². The molecule has 1 amide bonds. The molecule has 0 saturated carbocycles. The summed E-state index contributed by atoms with van der Waals surface area (Å²) in [6.07, 6.45) is 1.03. The lowest BCUT2D eigenvalue weighted by Crippen LogP contribution is -2.29. The van der Waals surface area contributed by atoms with Crippen LogP contribution >= 0.6 is 11.8 Å². The van der Waals surface area contributed by atoms with Crippen molar-refractivity contribution in [3.8, 4) is 0 Å². The zero-order chi connectivity index (χ0) is 11.0. The highest BCUT2D eigenvalue weighted by atomic mass is 32.2. The van der Waals surface area contributed by atoms with Gasteiger partial charge in [-0.2, -0.15) is 0 Å². The first-order valence-electron chi connectivity index (χ1n) is 4.62. The third kappa shape index (κ3) is 7.91. The van der Waals surface area contributed by atoms with E-state index in [0.717, 1.165) is 18.2 Å². The summed E-state index contributed by atoms with van der Waals surface area (Å²) in [5, 5.41) is 11.1. The Kier molecular flexibility index (Phi) is 7.28. The fraction of sp³-hybridized carbons (Fsp3) is 0.778. The number of thioether (sulfide) groups is 1. The summed E-state index contributed by atoms with van der Waals surface area (Å²) in [5.41, 5.74) is 0. The van der Waals surface area contributed by atoms with E-state index in [1.807, 2.05) is 0 Å².